The summed E-state index contributed by atoms with van der Waals surface area (Å²) in [4.78, 5) is 21.5. The predicted octanol–water partition coefficient (Wildman–Crippen LogP) is 4.79. The number of aromatic nitrogens is 2. The largest absolute Gasteiger partial charge is 0.457 e. The predicted molar refractivity (Wildman–Crippen MR) is 100 cm³/mol. The first kappa shape index (κ1) is 16.8. The molecule has 0 saturated carbocycles. The van der Waals surface area contributed by atoms with Crippen LogP contribution < -0.4 is 0 Å². The lowest BCUT2D eigenvalue weighted by Crippen LogP contribution is -2.08. The molecule has 0 bridgehead atoms. The van der Waals surface area contributed by atoms with Crippen LogP contribution >= 0.6 is 0 Å². The number of fused-ring (bicyclic) bond motifs is 1. The molecular weight excluding hydrogens is 343 g/mol. The highest BCUT2D eigenvalue weighted by Gasteiger charge is 2.16. The Morgan fingerprint density at radius 3 is 2.63 bits per heavy atom. The van der Waals surface area contributed by atoms with E-state index in [1.807, 2.05) is 36.4 Å². The first-order chi connectivity index (χ1) is 13.2. The van der Waals surface area contributed by atoms with Crippen LogP contribution in [0, 0.1) is 5.82 Å². The van der Waals surface area contributed by atoms with Gasteiger partial charge < -0.3 is 4.74 Å². The number of carbonyl (C=O) groups is 1. The minimum Gasteiger partial charge on any atom is -0.457 e. The first-order valence-electron chi connectivity index (χ1n) is 8.43. The molecule has 0 spiro atoms. The number of halogens is 1. The Morgan fingerprint density at radius 2 is 1.81 bits per heavy atom. The van der Waals surface area contributed by atoms with Gasteiger partial charge in [0.1, 0.15) is 12.4 Å². The fourth-order valence-electron chi connectivity index (χ4n) is 2.84. The molecule has 132 valence electrons. The molecule has 0 atom stereocenters. The third-order valence-electron chi connectivity index (χ3n) is 4.21. The fourth-order valence-corrected chi connectivity index (χ4v) is 2.84. The maximum absolute atomic E-state index is 13.8. The van der Waals surface area contributed by atoms with Gasteiger partial charge in [-0.25, -0.2) is 14.2 Å². The van der Waals surface area contributed by atoms with Gasteiger partial charge in [-0.15, -0.1) is 0 Å². The summed E-state index contributed by atoms with van der Waals surface area (Å²) in [5.41, 5.74) is 2.82. The quantitative estimate of drug-likeness (QED) is 0.492. The number of pyridine rings is 2. The van der Waals surface area contributed by atoms with Gasteiger partial charge in [-0.05, 0) is 30.3 Å². The standard InChI is InChI=1S/C22H15FN2O2/c23-19-9-3-1-6-16(19)14-27-22(26)18-12-21(15-7-5-11-24-13-15)25-20-10-4-2-8-17(18)20/h1-13H,14H2. The lowest BCUT2D eigenvalue weighted by Gasteiger charge is -2.10. The molecule has 0 aliphatic rings. The summed E-state index contributed by atoms with van der Waals surface area (Å²) in [7, 11) is 0. The fraction of sp³-hybridized carbons (Fsp3) is 0.0455. The summed E-state index contributed by atoms with van der Waals surface area (Å²) in [6.07, 6.45) is 3.36. The number of benzene rings is 2. The number of carbonyl (C=O) groups excluding carboxylic acids is 1. The van der Waals surface area contributed by atoms with Crippen molar-refractivity contribution in [1.82, 2.24) is 9.97 Å². The van der Waals surface area contributed by atoms with Crippen molar-refractivity contribution in [1.29, 1.82) is 0 Å². The minimum atomic E-state index is -0.526. The maximum atomic E-state index is 13.8. The van der Waals surface area contributed by atoms with E-state index in [-0.39, 0.29) is 6.61 Å². The Bertz CT molecular complexity index is 1110. The van der Waals surface area contributed by atoms with Gasteiger partial charge in [0.2, 0.25) is 0 Å². The Morgan fingerprint density at radius 1 is 1.00 bits per heavy atom. The van der Waals surface area contributed by atoms with Crippen molar-refractivity contribution >= 4 is 16.9 Å². The van der Waals surface area contributed by atoms with Crippen LogP contribution in [0.3, 0.4) is 0 Å². The van der Waals surface area contributed by atoms with Crippen LogP contribution in [0.5, 0.6) is 0 Å². The zero-order chi connectivity index (χ0) is 18.6. The summed E-state index contributed by atoms with van der Waals surface area (Å²) >= 11 is 0. The van der Waals surface area contributed by atoms with Gasteiger partial charge in [0.25, 0.3) is 0 Å². The van der Waals surface area contributed by atoms with Gasteiger partial charge in [-0.2, -0.15) is 0 Å². The first-order valence-corrected chi connectivity index (χ1v) is 8.43. The summed E-state index contributed by atoms with van der Waals surface area (Å²) in [5.74, 6) is -0.928. The second-order valence-electron chi connectivity index (χ2n) is 5.98. The molecule has 0 unspecified atom stereocenters. The zero-order valence-electron chi connectivity index (χ0n) is 14.3. The monoisotopic (exact) mass is 358 g/mol. The smallest absolute Gasteiger partial charge is 0.339 e. The van der Waals surface area contributed by atoms with Gasteiger partial charge in [0, 0.05) is 28.9 Å². The lowest BCUT2D eigenvalue weighted by atomic mass is 10.1. The Kier molecular flexibility index (Phi) is 4.58. The molecule has 0 radical (unpaired) electrons. The van der Waals surface area contributed by atoms with Gasteiger partial charge in [-0.1, -0.05) is 36.4 Å². The summed E-state index contributed by atoms with van der Waals surface area (Å²) in [5, 5.41) is 0.684. The molecule has 0 aliphatic heterocycles. The third-order valence-corrected chi connectivity index (χ3v) is 4.21. The normalized spacial score (nSPS) is 10.7. The van der Waals surface area contributed by atoms with E-state index in [1.54, 1.807) is 36.7 Å². The topological polar surface area (TPSA) is 52.1 Å². The third kappa shape index (κ3) is 3.53. The molecule has 2 aromatic carbocycles. The number of hydrogen-bond donors (Lipinski definition) is 0. The molecule has 4 nitrogen and oxygen atoms in total. The SMILES string of the molecule is O=C(OCc1ccccc1F)c1cc(-c2cccnc2)nc2ccccc12. The Balaban J connectivity index is 1.71. The van der Waals surface area contributed by atoms with Crippen molar-refractivity contribution in [3.05, 3.63) is 96.1 Å². The van der Waals surface area contributed by atoms with E-state index in [1.165, 1.54) is 6.07 Å². The molecule has 4 rings (SSSR count). The molecule has 2 aromatic heterocycles. The van der Waals surface area contributed by atoms with E-state index in [2.05, 4.69) is 9.97 Å². The van der Waals surface area contributed by atoms with Crippen LogP contribution in [0.15, 0.2) is 79.1 Å². The van der Waals surface area contributed by atoms with E-state index in [9.17, 15) is 9.18 Å². The summed E-state index contributed by atoms with van der Waals surface area (Å²) < 4.78 is 19.1. The van der Waals surface area contributed by atoms with E-state index in [0.717, 1.165) is 5.56 Å². The van der Waals surface area contributed by atoms with Crippen molar-refractivity contribution < 1.29 is 13.9 Å². The Hall–Kier alpha value is -3.60. The molecule has 4 aromatic rings. The number of para-hydroxylation sites is 1. The summed E-state index contributed by atoms with van der Waals surface area (Å²) in [6.45, 7) is -0.135. The summed E-state index contributed by atoms with van der Waals surface area (Å²) in [6, 6.07) is 18.9. The van der Waals surface area contributed by atoms with Crippen LogP contribution in [0.25, 0.3) is 22.2 Å². The van der Waals surface area contributed by atoms with Crippen LogP contribution in [-0.2, 0) is 11.3 Å². The number of hydrogen-bond acceptors (Lipinski definition) is 4. The molecule has 0 N–H and O–H groups in total. The van der Waals surface area contributed by atoms with Crippen LogP contribution in [0.1, 0.15) is 15.9 Å². The maximum Gasteiger partial charge on any atom is 0.339 e. The van der Waals surface area contributed by atoms with Gasteiger partial charge in [0.15, 0.2) is 0 Å². The van der Waals surface area contributed by atoms with Gasteiger partial charge >= 0.3 is 5.97 Å². The average molecular weight is 358 g/mol. The van der Waals surface area contributed by atoms with Gasteiger partial charge in [0.05, 0.1) is 16.8 Å². The molecule has 0 saturated heterocycles. The zero-order valence-corrected chi connectivity index (χ0v) is 14.3. The van der Waals surface area contributed by atoms with Crippen molar-refractivity contribution in [2.45, 2.75) is 6.61 Å². The molecule has 27 heavy (non-hydrogen) atoms. The van der Waals surface area contributed by atoms with Gasteiger partial charge in [-0.3, -0.25) is 4.98 Å². The number of ether oxygens (including phenoxy) is 1. The van der Waals surface area contributed by atoms with E-state index in [0.29, 0.717) is 27.7 Å². The Labute approximate surface area is 155 Å². The van der Waals surface area contributed by atoms with E-state index >= 15 is 0 Å². The molecule has 0 aliphatic carbocycles. The van der Waals surface area contributed by atoms with E-state index < -0.39 is 11.8 Å². The second kappa shape index (κ2) is 7.33. The van der Waals surface area contributed by atoms with Crippen molar-refractivity contribution in [3.8, 4) is 11.3 Å². The number of nitrogens with zero attached hydrogens (tertiary/aromatic N) is 2. The minimum absolute atomic E-state index is 0.135. The van der Waals surface area contributed by atoms with E-state index in [4.69, 9.17) is 4.74 Å². The number of rotatable bonds is 4. The lowest BCUT2D eigenvalue weighted by molar-refractivity contribution is 0.0471. The highest BCUT2D eigenvalue weighted by Crippen LogP contribution is 2.25. The van der Waals surface area contributed by atoms with Crippen LogP contribution in [0.2, 0.25) is 0 Å². The molecule has 2 heterocycles. The van der Waals surface area contributed by atoms with Crippen LogP contribution in [-0.4, -0.2) is 15.9 Å². The molecular formula is C22H15FN2O2. The highest BCUT2D eigenvalue weighted by atomic mass is 19.1. The highest BCUT2D eigenvalue weighted by molar-refractivity contribution is 6.04. The molecule has 0 amide bonds. The van der Waals surface area contributed by atoms with Crippen molar-refractivity contribution in [3.63, 3.8) is 0 Å². The average Bonchev–Trinajstić information content (AvgIpc) is 2.73. The molecule has 5 heteroatoms. The molecule has 0 fully saturated rings. The number of esters is 1. The van der Waals surface area contributed by atoms with Crippen LogP contribution in [0.4, 0.5) is 4.39 Å². The van der Waals surface area contributed by atoms with Crippen molar-refractivity contribution in [2.24, 2.45) is 0 Å². The van der Waals surface area contributed by atoms with Crippen molar-refractivity contribution in [2.75, 3.05) is 0 Å². The second-order valence-corrected chi connectivity index (χ2v) is 5.98.